The van der Waals surface area contributed by atoms with Crippen LogP contribution < -0.4 is 5.32 Å². The SMILES string of the molecule is Cc1ccc(/C(O)=C2/C(=O)C(=O)NC2c2ccc([N+](=O)[O-])cc2)cc1. The molecule has 0 spiro atoms. The summed E-state index contributed by atoms with van der Waals surface area (Å²) in [7, 11) is 0. The van der Waals surface area contributed by atoms with Crippen LogP contribution in [0.3, 0.4) is 0 Å². The van der Waals surface area contributed by atoms with Crippen molar-refractivity contribution in [3.63, 3.8) is 0 Å². The van der Waals surface area contributed by atoms with E-state index in [1.807, 2.05) is 6.92 Å². The molecule has 0 saturated carbocycles. The van der Waals surface area contributed by atoms with Gasteiger partial charge in [0.2, 0.25) is 0 Å². The zero-order valence-corrected chi connectivity index (χ0v) is 13.2. The van der Waals surface area contributed by atoms with Crippen molar-refractivity contribution in [3.8, 4) is 0 Å². The van der Waals surface area contributed by atoms with Gasteiger partial charge in [0.05, 0.1) is 16.5 Å². The lowest BCUT2D eigenvalue weighted by Gasteiger charge is -2.13. The maximum Gasteiger partial charge on any atom is 0.293 e. The van der Waals surface area contributed by atoms with E-state index < -0.39 is 22.7 Å². The van der Waals surface area contributed by atoms with E-state index in [0.717, 1.165) is 5.56 Å². The van der Waals surface area contributed by atoms with Crippen molar-refractivity contribution >= 4 is 23.1 Å². The molecule has 1 heterocycles. The molecule has 1 saturated heterocycles. The van der Waals surface area contributed by atoms with E-state index in [1.54, 1.807) is 24.3 Å². The molecule has 1 fully saturated rings. The Labute approximate surface area is 142 Å². The highest BCUT2D eigenvalue weighted by molar-refractivity contribution is 6.46. The summed E-state index contributed by atoms with van der Waals surface area (Å²) in [6.07, 6.45) is 0. The standard InChI is InChI=1S/C18H14N2O5/c1-10-2-4-12(5-3-10)16(21)14-15(19-18(23)17(14)22)11-6-8-13(9-7-11)20(24)25/h2-9,15,21H,1H3,(H,19,23)/b16-14-. The minimum atomic E-state index is -0.859. The first-order valence-corrected chi connectivity index (χ1v) is 7.48. The van der Waals surface area contributed by atoms with Crippen LogP contribution in [0, 0.1) is 17.0 Å². The average Bonchev–Trinajstić information content (AvgIpc) is 2.90. The number of aliphatic hydroxyl groups excluding tert-OH is 1. The second kappa shape index (κ2) is 6.20. The van der Waals surface area contributed by atoms with E-state index in [4.69, 9.17) is 0 Å². The summed E-state index contributed by atoms with van der Waals surface area (Å²) in [4.78, 5) is 34.2. The molecule has 0 aromatic heterocycles. The van der Waals surface area contributed by atoms with Crippen molar-refractivity contribution in [1.29, 1.82) is 0 Å². The summed E-state index contributed by atoms with van der Waals surface area (Å²) in [5, 5.41) is 23.8. The number of benzene rings is 2. The molecule has 1 amide bonds. The smallest absolute Gasteiger partial charge is 0.293 e. The van der Waals surface area contributed by atoms with E-state index in [-0.39, 0.29) is 17.0 Å². The number of nitro benzene ring substituents is 1. The molecule has 1 unspecified atom stereocenters. The van der Waals surface area contributed by atoms with Crippen molar-refractivity contribution in [2.75, 3.05) is 0 Å². The molecule has 0 bridgehead atoms. The van der Waals surface area contributed by atoms with Crippen LogP contribution in [0.5, 0.6) is 0 Å². The number of aryl methyl sites for hydroxylation is 1. The Kier molecular flexibility index (Phi) is 4.06. The lowest BCUT2D eigenvalue weighted by molar-refractivity contribution is -0.384. The molecule has 3 rings (SSSR count). The molecule has 126 valence electrons. The molecule has 2 aromatic rings. The van der Waals surface area contributed by atoms with Crippen LogP contribution in [0.15, 0.2) is 54.1 Å². The Morgan fingerprint density at radius 1 is 1.08 bits per heavy atom. The molecular weight excluding hydrogens is 324 g/mol. The molecule has 7 nitrogen and oxygen atoms in total. The molecular formula is C18H14N2O5. The zero-order chi connectivity index (χ0) is 18.1. The minimum absolute atomic E-state index is 0.0669. The first-order chi connectivity index (χ1) is 11.9. The molecule has 7 heteroatoms. The van der Waals surface area contributed by atoms with Gasteiger partial charge in [0.15, 0.2) is 0 Å². The van der Waals surface area contributed by atoms with E-state index in [1.165, 1.54) is 24.3 Å². The van der Waals surface area contributed by atoms with Gasteiger partial charge in [-0.15, -0.1) is 0 Å². The number of ketones is 1. The summed E-state index contributed by atoms with van der Waals surface area (Å²) in [5.74, 6) is -1.93. The maximum absolute atomic E-state index is 12.2. The third-order valence-corrected chi connectivity index (χ3v) is 4.03. The zero-order valence-electron chi connectivity index (χ0n) is 13.2. The largest absolute Gasteiger partial charge is 0.507 e. The van der Waals surface area contributed by atoms with Gasteiger partial charge in [-0.3, -0.25) is 19.7 Å². The van der Waals surface area contributed by atoms with Crippen LogP contribution in [0.1, 0.15) is 22.7 Å². The highest BCUT2D eigenvalue weighted by atomic mass is 16.6. The molecule has 0 aliphatic carbocycles. The van der Waals surface area contributed by atoms with Gasteiger partial charge in [0.25, 0.3) is 17.4 Å². The predicted octanol–water partition coefficient (Wildman–Crippen LogP) is 2.61. The summed E-state index contributed by atoms with van der Waals surface area (Å²) >= 11 is 0. The molecule has 2 aromatic carbocycles. The van der Waals surface area contributed by atoms with Crippen LogP contribution in [0.4, 0.5) is 5.69 Å². The summed E-state index contributed by atoms with van der Waals surface area (Å²) in [6.45, 7) is 1.89. The number of nitro groups is 1. The van der Waals surface area contributed by atoms with Crippen LogP contribution in [-0.2, 0) is 9.59 Å². The van der Waals surface area contributed by atoms with Crippen molar-refractivity contribution in [3.05, 3.63) is 80.9 Å². The van der Waals surface area contributed by atoms with Crippen LogP contribution in [0.2, 0.25) is 0 Å². The molecule has 0 radical (unpaired) electrons. The third kappa shape index (κ3) is 2.99. The van der Waals surface area contributed by atoms with E-state index in [0.29, 0.717) is 11.1 Å². The highest BCUT2D eigenvalue weighted by Crippen LogP contribution is 2.33. The van der Waals surface area contributed by atoms with E-state index in [9.17, 15) is 24.8 Å². The molecule has 2 N–H and O–H groups in total. The van der Waals surface area contributed by atoms with Crippen LogP contribution in [-0.4, -0.2) is 21.7 Å². The number of amides is 1. The van der Waals surface area contributed by atoms with E-state index in [2.05, 4.69) is 5.32 Å². The fraction of sp³-hybridized carbons (Fsp3) is 0.111. The van der Waals surface area contributed by atoms with Gasteiger partial charge in [0, 0.05) is 17.7 Å². The second-order valence-corrected chi connectivity index (χ2v) is 5.71. The number of carbonyl (C=O) groups is 2. The Balaban J connectivity index is 2.07. The molecule has 1 atom stereocenters. The van der Waals surface area contributed by atoms with Crippen molar-refractivity contribution in [2.24, 2.45) is 0 Å². The fourth-order valence-electron chi connectivity index (χ4n) is 2.67. The van der Waals surface area contributed by atoms with Crippen molar-refractivity contribution < 1.29 is 19.6 Å². The second-order valence-electron chi connectivity index (χ2n) is 5.71. The maximum atomic E-state index is 12.2. The number of non-ortho nitro benzene ring substituents is 1. The normalized spacial score (nSPS) is 18.8. The highest BCUT2D eigenvalue weighted by Gasteiger charge is 2.39. The number of nitrogens with zero attached hydrogens (tertiary/aromatic N) is 1. The monoisotopic (exact) mass is 338 g/mol. The number of nitrogens with one attached hydrogen (secondary N) is 1. The fourth-order valence-corrected chi connectivity index (χ4v) is 2.67. The number of hydrogen-bond acceptors (Lipinski definition) is 5. The first kappa shape index (κ1) is 16.4. The molecule has 1 aliphatic heterocycles. The van der Waals surface area contributed by atoms with Crippen molar-refractivity contribution in [2.45, 2.75) is 13.0 Å². The number of aliphatic hydroxyl groups is 1. The Hall–Kier alpha value is -3.48. The van der Waals surface area contributed by atoms with Gasteiger partial charge in [-0.2, -0.15) is 0 Å². The predicted molar refractivity (Wildman–Crippen MR) is 89.7 cm³/mol. The Bertz CT molecular complexity index is 898. The lowest BCUT2D eigenvalue weighted by Crippen LogP contribution is -2.21. The number of carbonyl (C=O) groups excluding carboxylic acids is 2. The summed E-state index contributed by atoms with van der Waals surface area (Å²) < 4.78 is 0. The van der Waals surface area contributed by atoms with Gasteiger partial charge < -0.3 is 10.4 Å². The van der Waals surface area contributed by atoms with Gasteiger partial charge in [-0.1, -0.05) is 29.8 Å². The van der Waals surface area contributed by atoms with Crippen LogP contribution >= 0.6 is 0 Å². The van der Waals surface area contributed by atoms with Crippen molar-refractivity contribution in [1.82, 2.24) is 5.32 Å². The number of hydrogen-bond donors (Lipinski definition) is 2. The van der Waals surface area contributed by atoms with Crippen LogP contribution in [0.25, 0.3) is 5.76 Å². The van der Waals surface area contributed by atoms with E-state index >= 15 is 0 Å². The first-order valence-electron chi connectivity index (χ1n) is 7.48. The number of Topliss-reactive ketones (excluding diaryl/α,β-unsaturated/α-hetero) is 1. The quantitative estimate of drug-likeness (QED) is 0.294. The van der Waals surface area contributed by atoms with Gasteiger partial charge >= 0.3 is 0 Å². The Morgan fingerprint density at radius 2 is 1.68 bits per heavy atom. The topological polar surface area (TPSA) is 110 Å². The Morgan fingerprint density at radius 3 is 2.24 bits per heavy atom. The van der Waals surface area contributed by atoms with Gasteiger partial charge in [-0.25, -0.2) is 0 Å². The summed E-state index contributed by atoms with van der Waals surface area (Å²) in [6, 6.07) is 11.5. The lowest BCUT2D eigenvalue weighted by atomic mass is 9.95. The molecule has 1 aliphatic rings. The third-order valence-electron chi connectivity index (χ3n) is 4.03. The van der Waals surface area contributed by atoms with Gasteiger partial charge in [0.1, 0.15) is 5.76 Å². The minimum Gasteiger partial charge on any atom is -0.507 e. The summed E-state index contributed by atoms with van der Waals surface area (Å²) in [5.41, 5.74) is 1.70. The average molecular weight is 338 g/mol. The molecule has 25 heavy (non-hydrogen) atoms. The number of rotatable bonds is 3. The van der Waals surface area contributed by atoms with Gasteiger partial charge in [-0.05, 0) is 24.6 Å².